The van der Waals surface area contributed by atoms with Gasteiger partial charge in [0, 0.05) is 16.9 Å². The van der Waals surface area contributed by atoms with Gasteiger partial charge in [0.15, 0.2) is 5.76 Å². The molecular weight excluding hydrogens is 350 g/mol. The third kappa shape index (κ3) is 3.99. The van der Waals surface area contributed by atoms with E-state index in [9.17, 15) is 0 Å². The Hall–Kier alpha value is -2.78. The molecule has 4 aromatic rings. The maximum Gasteiger partial charge on any atom is 0.257 e. The molecule has 0 aliphatic rings. The maximum atomic E-state index is 6.19. The zero-order chi connectivity index (χ0) is 18.6. The van der Waals surface area contributed by atoms with Crippen LogP contribution in [0.4, 0.5) is 0 Å². The Morgan fingerprint density at radius 3 is 2.15 bits per heavy atom. The summed E-state index contributed by atoms with van der Waals surface area (Å²) in [6.45, 7) is 4.28. The van der Waals surface area contributed by atoms with Gasteiger partial charge in [0.2, 0.25) is 0 Å². The van der Waals surface area contributed by atoms with Crippen molar-refractivity contribution in [3.63, 3.8) is 0 Å². The maximum absolute atomic E-state index is 6.19. The highest BCUT2D eigenvalue weighted by molar-refractivity contribution is 7.98. The molecule has 0 bridgehead atoms. The van der Waals surface area contributed by atoms with E-state index < -0.39 is 0 Å². The molecule has 0 saturated carbocycles. The van der Waals surface area contributed by atoms with Gasteiger partial charge in [-0.3, -0.25) is 0 Å². The summed E-state index contributed by atoms with van der Waals surface area (Å²) in [7, 11) is 0. The molecule has 0 aliphatic heterocycles. The molecule has 0 unspecified atom stereocenters. The lowest BCUT2D eigenvalue weighted by Gasteiger charge is -2.04. The lowest BCUT2D eigenvalue weighted by molar-refractivity contribution is 0.466. The van der Waals surface area contributed by atoms with Crippen molar-refractivity contribution >= 4 is 11.8 Å². The van der Waals surface area contributed by atoms with Gasteiger partial charge in [-0.2, -0.15) is 0 Å². The van der Waals surface area contributed by atoms with E-state index in [1.54, 1.807) is 11.8 Å². The minimum atomic E-state index is 0.702. The van der Waals surface area contributed by atoms with Gasteiger partial charge in [-0.15, -0.1) is 0 Å². The van der Waals surface area contributed by atoms with Crippen molar-refractivity contribution in [3.05, 3.63) is 95.6 Å². The van der Waals surface area contributed by atoms with Crippen LogP contribution in [0.3, 0.4) is 0 Å². The van der Waals surface area contributed by atoms with Crippen LogP contribution in [0.1, 0.15) is 16.7 Å². The molecule has 27 heavy (non-hydrogen) atoms. The van der Waals surface area contributed by atoms with Crippen LogP contribution in [0.15, 0.2) is 88.5 Å². The van der Waals surface area contributed by atoms with Gasteiger partial charge >= 0.3 is 0 Å². The Balaban J connectivity index is 1.67. The van der Waals surface area contributed by atoms with Crippen molar-refractivity contribution in [2.24, 2.45) is 0 Å². The highest BCUT2D eigenvalue weighted by Crippen LogP contribution is 2.36. The number of benzene rings is 3. The summed E-state index contributed by atoms with van der Waals surface area (Å²) < 4.78 is 6.19. The van der Waals surface area contributed by atoms with Gasteiger partial charge < -0.3 is 4.42 Å². The second-order valence-corrected chi connectivity index (χ2v) is 7.53. The topological polar surface area (TPSA) is 26.0 Å². The van der Waals surface area contributed by atoms with E-state index in [2.05, 4.69) is 56.3 Å². The lowest BCUT2D eigenvalue weighted by Crippen LogP contribution is -1.87. The predicted molar refractivity (Wildman–Crippen MR) is 113 cm³/mol. The molecule has 1 aromatic heterocycles. The van der Waals surface area contributed by atoms with Crippen LogP contribution in [0.2, 0.25) is 0 Å². The summed E-state index contributed by atoms with van der Waals surface area (Å²) in [6, 6.07) is 27.0. The van der Waals surface area contributed by atoms with Gasteiger partial charge in [-0.1, -0.05) is 96.2 Å². The number of rotatable bonds is 5. The first-order chi connectivity index (χ1) is 13.2. The molecule has 1 heterocycles. The van der Waals surface area contributed by atoms with Gasteiger partial charge in [-0.05, 0) is 25.0 Å². The molecule has 134 valence electrons. The highest BCUT2D eigenvalue weighted by atomic mass is 32.2. The first kappa shape index (κ1) is 17.6. The summed E-state index contributed by atoms with van der Waals surface area (Å²) in [6.07, 6.45) is 0. The number of nitrogens with zero attached hydrogens (tertiary/aromatic N) is 1. The average Bonchev–Trinajstić information content (AvgIpc) is 3.13. The van der Waals surface area contributed by atoms with Gasteiger partial charge in [-0.25, -0.2) is 4.98 Å². The van der Waals surface area contributed by atoms with E-state index in [1.165, 1.54) is 16.7 Å². The normalized spacial score (nSPS) is 10.9. The van der Waals surface area contributed by atoms with E-state index in [-0.39, 0.29) is 0 Å². The van der Waals surface area contributed by atoms with Crippen molar-refractivity contribution in [3.8, 4) is 22.6 Å². The van der Waals surface area contributed by atoms with Crippen LogP contribution in [0.5, 0.6) is 0 Å². The molecule has 0 N–H and O–H groups in total. The monoisotopic (exact) mass is 371 g/mol. The van der Waals surface area contributed by atoms with Crippen LogP contribution in [0.25, 0.3) is 22.6 Å². The average molecular weight is 372 g/mol. The van der Waals surface area contributed by atoms with Gasteiger partial charge in [0.25, 0.3) is 5.22 Å². The highest BCUT2D eigenvalue weighted by Gasteiger charge is 2.17. The van der Waals surface area contributed by atoms with Gasteiger partial charge in [0.1, 0.15) is 5.69 Å². The third-order valence-electron chi connectivity index (χ3n) is 4.54. The molecule has 0 atom stereocenters. The Labute approximate surface area is 164 Å². The molecule has 0 radical (unpaired) electrons. The summed E-state index contributed by atoms with van der Waals surface area (Å²) in [4.78, 5) is 4.82. The summed E-state index contributed by atoms with van der Waals surface area (Å²) >= 11 is 1.64. The molecule has 0 saturated heterocycles. The quantitative estimate of drug-likeness (QED) is 0.356. The summed E-state index contributed by atoms with van der Waals surface area (Å²) in [5.41, 5.74) is 6.91. The van der Waals surface area contributed by atoms with Crippen molar-refractivity contribution in [2.75, 3.05) is 0 Å². The number of aryl methyl sites for hydroxylation is 2. The van der Waals surface area contributed by atoms with E-state index >= 15 is 0 Å². The van der Waals surface area contributed by atoms with Crippen molar-refractivity contribution < 1.29 is 4.42 Å². The molecule has 3 aromatic carbocycles. The van der Waals surface area contributed by atoms with Crippen molar-refractivity contribution in [2.45, 2.75) is 24.8 Å². The SMILES string of the molecule is Cc1ccc(CSc2nc(-c3ccccc3)c(-c3ccccc3)o2)c(C)c1. The third-order valence-corrected chi connectivity index (χ3v) is 5.42. The summed E-state index contributed by atoms with van der Waals surface area (Å²) in [5.74, 6) is 1.67. The number of hydrogen-bond donors (Lipinski definition) is 0. The van der Waals surface area contributed by atoms with Crippen LogP contribution >= 0.6 is 11.8 Å². The molecule has 2 nitrogen and oxygen atoms in total. The number of hydrogen-bond acceptors (Lipinski definition) is 3. The van der Waals surface area contributed by atoms with Crippen molar-refractivity contribution in [1.29, 1.82) is 0 Å². The fourth-order valence-corrected chi connectivity index (χ4v) is 3.99. The Bertz CT molecular complexity index is 982. The van der Waals surface area contributed by atoms with Crippen LogP contribution in [-0.4, -0.2) is 4.98 Å². The van der Waals surface area contributed by atoms with E-state index in [0.717, 1.165) is 28.3 Å². The first-order valence-corrected chi connectivity index (χ1v) is 10.00. The van der Waals surface area contributed by atoms with E-state index in [0.29, 0.717) is 5.22 Å². The molecular formula is C24H21NOS. The molecule has 0 amide bonds. The largest absolute Gasteiger partial charge is 0.431 e. The van der Waals surface area contributed by atoms with Gasteiger partial charge in [0.05, 0.1) is 0 Å². The smallest absolute Gasteiger partial charge is 0.257 e. The zero-order valence-corrected chi connectivity index (χ0v) is 16.3. The van der Waals surface area contributed by atoms with Crippen LogP contribution in [-0.2, 0) is 5.75 Å². The molecule has 3 heteroatoms. The lowest BCUT2D eigenvalue weighted by atomic mass is 10.1. The zero-order valence-electron chi connectivity index (χ0n) is 15.5. The summed E-state index contributed by atoms with van der Waals surface area (Å²) in [5, 5.41) is 0.702. The van der Waals surface area contributed by atoms with E-state index in [1.807, 2.05) is 36.4 Å². The Kier molecular flexibility index (Phi) is 5.12. The fraction of sp³-hybridized carbons (Fsp3) is 0.125. The minimum Gasteiger partial charge on any atom is -0.431 e. The number of thioether (sulfide) groups is 1. The van der Waals surface area contributed by atoms with E-state index in [4.69, 9.17) is 9.40 Å². The predicted octanol–water partition coefficient (Wildman–Crippen LogP) is 6.92. The number of aromatic nitrogens is 1. The van der Waals surface area contributed by atoms with Crippen LogP contribution in [0, 0.1) is 13.8 Å². The second kappa shape index (κ2) is 7.85. The Morgan fingerprint density at radius 1 is 0.815 bits per heavy atom. The first-order valence-electron chi connectivity index (χ1n) is 9.01. The van der Waals surface area contributed by atoms with Crippen molar-refractivity contribution in [1.82, 2.24) is 4.98 Å². The van der Waals surface area contributed by atoms with Crippen LogP contribution < -0.4 is 0 Å². The fourth-order valence-electron chi connectivity index (χ4n) is 3.09. The number of oxazole rings is 1. The molecule has 0 spiro atoms. The molecule has 0 fully saturated rings. The standard InChI is InChI=1S/C24H21NOS/c1-17-13-14-21(18(2)15-17)16-27-24-25-22(19-9-5-3-6-10-19)23(26-24)20-11-7-4-8-12-20/h3-15H,16H2,1-2H3. The second-order valence-electron chi connectivity index (χ2n) is 6.61. The molecule has 4 rings (SSSR count). The minimum absolute atomic E-state index is 0.702. The Morgan fingerprint density at radius 2 is 1.48 bits per heavy atom. The molecule has 0 aliphatic carbocycles.